The van der Waals surface area contributed by atoms with E-state index >= 15 is 0 Å². The molecule has 4 nitrogen and oxygen atoms in total. The van der Waals surface area contributed by atoms with Gasteiger partial charge in [-0.2, -0.15) is 0 Å². The second-order valence-electron chi connectivity index (χ2n) is 8.21. The summed E-state index contributed by atoms with van der Waals surface area (Å²) in [7, 11) is 2.19. The molecule has 2 heterocycles. The highest BCUT2D eigenvalue weighted by Gasteiger charge is 2.41. The summed E-state index contributed by atoms with van der Waals surface area (Å²) >= 11 is 0. The van der Waals surface area contributed by atoms with Gasteiger partial charge in [-0.05, 0) is 61.2 Å². The van der Waals surface area contributed by atoms with Gasteiger partial charge in [0.1, 0.15) is 0 Å². The summed E-state index contributed by atoms with van der Waals surface area (Å²) in [6, 6.07) is 17.0. The molecule has 2 saturated heterocycles. The van der Waals surface area contributed by atoms with E-state index in [2.05, 4.69) is 39.9 Å². The van der Waals surface area contributed by atoms with Gasteiger partial charge in [-0.3, -0.25) is 4.79 Å². The summed E-state index contributed by atoms with van der Waals surface area (Å²) < 4.78 is 0. The number of rotatable bonds is 2. The van der Waals surface area contributed by atoms with E-state index in [1.54, 1.807) is 0 Å². The average molecular weight is 361 g/mol. The molecule has 2 aliphatic heterocycles. The number of hydrogen-bond acceptors (Lipinski definition) is 3. The highest BCUT2D eigenvalue weighted by Crippen LogP contribution is 2.50. The van der Waals surface area contributed by atoms with Crippen molar-refractivity contribution in [3.05, 3.63) is 65.2 Å². The van der Waals surface area contributed by atoms with Gasteiger partial charge in [-0.25, -0.2) is 0 Å². The fraction of sp³-hybridized carbons (Fsp3) is 0.435. The maximum atomic E-state index is 13.1. The number of anilines is 1. The lowest BCUT2D eigenvalue weighted by molar-refractivity contribution is 0.0620. The number of hydrogen-bond donors (Lipinski definition) is 0. The van der Waals surface area contributed by atoms with Crippen LogP contribution in [-0.4, -0.2) is 55.5 Å². The predicted octanol–water partition coefficient (Wildman–Crippen LogP) is 3.51. The number of piperidine rings is 1. The molecule has 0 saturated carbocycles. The van der Waals surface area contributed by atoms with Crippen LogP contribution in [0, 0.1) is 0 Å². The molecule has 2 fully saturated rings. The third-order valence-corrected chi connectivity index (χ3v) is 6.62. The summed E-state index contributed by atoms with van der Waals surface area (Å²) in [6.45, 7) is 5.25. The molecule has 0 spiro atoms. The zero-order valence-electron chi connectivity index (χ0n) is 16.0. The largest absolute Gasteiger partial charge is 0.369 e. The number of benzene rings is 2. The minimum absolute atomic E-state index is 0.178. The molecule has 3 aliphatic rings. The van der Waals surface area contributed by atoms with Crippen LogP contribution in [0.2, 0.25) is 0 Å². The molecule has 1 amide bonds. The van der Waals surface area contributed by atoms with Gasteiger partial charge in [-0.15, -0.1) is 0 Å². The Morgan fingerprint density at radius 2 is 1.70 bits per heavy atom. The van der Waals surface area contributed by atoms with Crippen LogP contribution in [0.3, 0.4) is 0 Å². The van der Waals surface area contributed by atoms with E-state index in [0.29, 0.717) is 5.92 Å². The van der Waals surface area contributed by atoms with Crippen molar-refractivity contribution in [2.75, 3.05) is 44.7 Å². The van der Waals surface area contributed by atoms with Crippen LogP contribution in [0.4, 0.5) is 5.69 Å². The fourth-order valence-corrected chi connectivity index (χ4v) is 5.02. The van der Waals surface area contributed by atoms with Crippen molar-refractivity contribution in [2.45, 2.75) is 24.8 Å². The van der Waals surface area contributed by atoms with E-state index in [1.807, 2.05) is 30.3 Å². The lowest BCUT2D eigenvalue weighted by atomic mass is 9.95. The van der Waals surface area contributed by atoms with E-state index in [-0.39, 0.29) is 11.9 Å². The summed E-state index contributed by atoms with van der Waals surface area (Å²) in [5, 5.41) is 0. The van der Waals surface area contributed by atoms with Gasteiger partial charge in [0.2, 0.25) is 0 Å². The maximum Gasteiger partial charge on any atom is 0.254 e. The van der Waals surface area contributed by atoms with Gasteiger partial charge in [0, 0.05) is 44.0 Å². The third-order valence-electron chi connectivity index (χ3n) is 6.62. The molecule has 2 atom stereocenters. The van der Waals surface area contributed by atoms with Crippen molar-refractivity contribution in [3.8, 4) is 0 Å². The van der Waals surface area contributed by atoms with E-state index in [9.17, 15) is 4.79 Å². The van der Waals surface area contributed by atoms with Gasteiger partial charge in [-0.1, -0.05) is 24.3 Å². The molecule has 1 aliphatic carbocycles. The Hall–Kier alpha value is -2.33. The smallest absolute Gasteiger partial charge is 0.254 e. The van der Waals surface area contributed by atoms with Crippen LogP contribution in [-0.2, 0) is 0 Å². The van der Waals surface area contributed by atoms with E-state index in [1.165, 1.54) is 16.8 Å². The Morgan fingerprint density at radius 3 is 2.48 bits per heavy atom. The molecule has 0 aromatic heterocycles. The monoisotopic (exact) mass is 361 g/mol. The molecule has 2 bridgehead atoms. The Morgan fingerprint density at radius 1 is 0.926 bits per heavy atom. The summed E-state index contributed by atoms with van der Waals surface area (Å²) in [6.07, 6.45) is 2.16. The molecule has 2 aromatic carbocycles. The number of amides is 1. The molecule has 4 heteroatoms. The van der Waals surface area contributed by atoms with Crippen molar-refractivity contribution in [3.63, 3.8) is 0 Å². The zero-order valence-corrected chi connectivity index (χ0v) is 16.0. The Labute approximate surface area is 161 Å². The van der Waals surface area contributed by atoms with E-state index < -0.39 is 0 Å². The topological polar surface area (TPSA) is 26.8 Å². The fourth-order valence-electron chi connectivity index (χ4n) is 5.02. The number of carbonyl (C=O) groups is 1. The van der Waals surface area contributed by atoms with Gasteiger partial charge >= 0.3 is 0 Å². The molecule has 0 radical (unpaired) electrons. The highest BCUT2D eigenvalue weighted by molar-refractivity contribution is 5.94. The quantitative estimate of drug-likeness (QED) is 0.819. The van der Waals surface area contributed by atoms with Gasteiger partial charge in [0.25, 0.3) is 5.91 Å². The van der Waals surface area contributed by atoms with Crippen LogP contribution < -0.4 is 4.90 Å². The number of likely N-dealkylation sites (tertiary alicyclic amines) is 1. The minimum Gasteiger partial charge on any atom is -0.369 e. The predicted molar refractivity (Wildman–Crippen MR) is 108 cm³/mol. The number of nitrogens with zero attached hydrogens (tertiary/aromatic N) is 3. The van der Waals surface area contributed by atoms with Crippen LogP contribution >= 0.6 is 0 Å². The van der Waals surface area contributed by atoms with Crippen LogP contribution in [0.5, 0.6) is 0 Å². The second-order valence-corrected chi connectivity index (χ2v) is 8.21. The van der Waals surface area contributed by atoms with E-state index in [0.717, 1.165) is 51.1 Å². The van der Waals surface area contributed by atoms with Gasteiger partial charge < -0.3 is 14.7 Å². The first kappa shape index (κ1) is 16.8. The number of carbonyl (C=O) groups excluding carboxylic acids is 1. The molecule has 0 unspecified atom stereocenters. The number of likely N-dealkylation sites (N-methyl/N-ethyl adjacent to an activating group) is 1. The van der Waals surface area contributed by atoms with Crippen molar-refractivity contribution >= 4 is 11.6 Å². The Balaban J connectivity index is 1.44. The Bertz CT molecular complexity index is 842. The maximum absolute atomic E-state index is 13.1. The van der Waals surface area contributed by atoms with Crippen molar-refractivity contribution in [1.29, 1.82) is 0 Å². The number of fused-ring (bicyclic) bond motifs is 5. The van der Waals surface area contributed by atoms with Crippen molar-refractivity contribution in [2.24, 2.45) is 0 Å². The first-order valence-electron chi connectivity index (χ1n) is 10.1. The summed E-state index contributed by atoms with van der Waals surface area (Å²) in [5.74, 6) is 0.795. The van der Waals surface area contributed by atoms with Crippen LogP contribution in [0.1, 0.15) is 46.3 Å². The first-order chi connectivity index (χ1) is 13.2. The zero-order chi connectivity index (χ0) is 18.4. The van der Waals surface area contributed by atoms with Gasteiger partial charge in [0.05, 0.1) is 6.04 Å². The lowest BCUT2D eigenvalue weighted by Gasteiger charge is -2.35. The average Bonchev–Trinajstić information content (AvgIpc) is 3.00. The summed E-state index contributed by atoms with van der Waals surface area (Å²) in [4.78, 5) is 20.1. The SMILES string of the molecule is CN1CCN(c2ccc3c(c2)[C@H]2C[C@H]3CCN2C(=O)c2ccccc2)CC1. The van der Waals surface area contributed by atoms with Crippen LogP contribution in [0.15, 0.2) is 48.5 Å². The Kier molecular flexibility index (Phi) is 4.16. The standard InChI is InChI=1S/C23H27N3O/c1-24-11-13-25(14-12-24)19-7-8-20-18-9-10-26(22(15-18)21(20)16-19)23(27)17-5-3-2-4-6-17/h2-8,16,18,22H,9-15H2,1H3/t18-,22-/m1/s1. The van der Waals surface area contributed by atoms with Crippen LogP contribution in [0.25, 0.3) is 0 Å². The molecular formula is C23H27N3O. The van der Waals surface area contributed by atoms with Crippen molar-refractivity contribution in [1.82, 2.24) is 9.80 Å². The number of piperazine rings is 1. The highest BCUT2D eigenvalue weighted by atomic mass is 16.2. The molecule has 2 aromatic rings. The molecule has 5 rings (SSSR count). The first-order valence-corrected chi connectivity index (χ1v) is 10.1. The van der Waals surface area contributed by atoms with Crippen molar-refractivity contribution < 1.29 is 4.79 Å². The lowest BCUT2D eigenvalue weighted by Crippen LogP contribution is -2.44. The molecule has 140 valence electrons. The molecular weight excluding hydrogens is 334 g/mol. The summed E-state index contributed by atoms with van der Waals surface area (Å²) in [5.41, 5.74) is 4.99. The third kappa shape index (κ3) is 2.92. The van der Waals surface area contributed by atoms with Gasteiger partial charge in [0.15, 0.2) is 0 Å². The molecule has 0 N–H and O–H groups in total. The van der Waals surface area contributed by atoms with E-state index in [4.69, 9.17) is 0 Å². The normalized spacial score (nSPS) is 24.8. The second kappa shape index (κ2) is 6.68. The minimum atomic E-state index is 0.178. The molecule has 27 heavy (non-hydrogen) atoms.